The number of nitrogens with one attached hydrogen (secondary N) is 1. The van der Waals surface area contributed by atoms with E-state index in [-0.39, 0.29) is 5.82 Å². The first-order valence-electron chi connectivity index (χ1n) is 8.00. The molecular weight excluding hydrogens is 337 g/mol. The summed E-state index contributed by atoms with van der Waals surface area (Å²) in [6, 6.07) is 16.2. The third kappa shape index (κ3) is 4.09. The number of aryl methyl sites for hydroxylation is 1. The summed E-state index contributed by atoms with van der Waals surface area (Å²) in [7, 11) is 0. The summed E-state index contributed by atoms with van der Waals surface area (Å²) in [6.07, 6.45) is 1.80. The Kier molecular flexibility index (Phi) is 5.19. The van der Waals surface area contributed by atoms with Crippen LogP contribution in [0.5, 0.6) is 0 Å². The van der Waals surface area contributed by atoms with Crippen molar-refractivity contribution >= 4 is 17.8 Å². The van der Waals surface area contributed by atoms with Crippen molar-refractivity contribution in [2.75, 3.05) is 0 Å². The molecule has 0 amide bonds. The molecule has 3 rings (SSSR count). The van der Waals surface area contributed by atoms with Gasteiger partial charge in [-0.2, -0.15) is 5.10 Å². The summed E-state index contributed by atoms with van der Waals surface area (Å²) < 4.78 is 15.2. The minimum absolute atomic E-state index is 0.237. The molecule has 128 valence electrons. The second-order valence-electron chi connectivity index (χ2n) is 5.86. The molecule has 0 unspecified atom stereocenters. The van der Waals surface area contributed by atoms with Crippen LogP contribution in [0, 0.1) is 19.7 Å². The average molecular weight is 356 g/mol. The van der Waals surface area contributed by atoms with Gasteiger partial charge in [0.1, 0.15) is 5.82 Å². The van der Waals surface area contributed by atoms with E-state index in [9.17, 15) is 4.39 Å². The number of benzene rings is 2. The van der Waals surface area contributed by atoms with Crippen LogP contribution >= 0.6 is 11.6 Å². The van der Waals surface area contributed by atoms with Crippen LogP contribution in [-0.2, 0) is 6.54 Å². The van der Waals surface area contributed by atoms with Crippen molar-refractivity contribution in [3.05, 3.63) is 88.0 Å². The van der Waals surface area contributed by atoms with Gasteiger partial charge in [-0.25, -0.2) is 4.39 Å². The van der Waals surface area contributed by atoms with Gasteiger partial charge < -0.3 is 9.99 Å². The molecular formula is C20H19ClFN3. The minimum Gasteiger partial charge on any atom is -0.318 e. The smallest absolute Gasteiger partial charge is 0.123 e. The van der Waals surface area contributed by atoms with Gasteiger partial charge in [0.25, 0.3) is 0 Å². The molecule has 0 aliphatic rings. The minimum atomic E-state index is -0.237. The van der Waals surface area contributed by atoms with E-state index in [0.29, 0.717) is 6.54 Å². The summed E-state index contributed by atoms with van der Waals surface area (Å²) in [5, 5.41) is 5.02. The second kappa shape index (κ2) is 7.53. The molecule has 0 fully saturated rings. The zero-order valence-corrected chi connectivity index (χ0v) is 14.9. The number of nitrogens with zero attached hydrogens (tertiary/aromatic N) is 2. The van der Waals surface area contributed by atoms with Gasteiger partial charge in [0.15, 0.2) is 0 Å². The zero-order chi connectivity index (χ0) is 17.8. The fraction of sp³-hybridized carbons (Fsp3) is 0.150. The quantitative estimate of drug-likeness (QED) is 0.506. The predicted molar refractivity (Wildman–Crippen MR) is 101 cm³/mol. The van der Waals surface area contributed by atoms with Crippen LogP contribution in [0.1, 0.15) is 22.5 Å². The van der Waals surface area contributed by atoms with Gasteiger partial charge in [0.2, 0.25) is 0 Å². The molecule has 0 aliphatic carbocycles. The number of hydrogen-bond acceptors (Lipinski definition) is 2. The Morgan fingerprint density at radius 3 is 2.44 bits per heavy atom. The van der Waals surface area contributed by atoms with Gasteiger partial charge in [-0.15, -0.1) is 0 Å². The monoisotopic (exact) mass is 355 g/mol. The maximum atomic E-state index is 13.1. The summed E-state index contributed by atoms with van der Waals surface area (Å²) in [5.74, 6) is -0.237. The Morgan fingerprint density at radius 2 is 1.76 bits per heavy atom. The standard InChI is InChI=1S/C20H19ClFN3/c1-14-11-17(13-24-23-12-16-3-5-18(21)6-4-16)15(2)25(14)20-9-7-19(22)8-10-20/h3-11,13,23H,12H2,1-2H3/b24-13-. The lowest BCUT2D eigenvalue weighted by atomic mass is 10.2. The molecule has 0 bridgehead atoms. The van der Waals surface area contributed by atoms with E-state index in [1.807, 2.05) is 38.1 Å². The highest BCUT2D eigenvalue weighted by molar-refractivity contribution is 6.30. The molecule has 0 aliphatic heterocycles. The van der Waals surface area contributed by atoms with E-state index in [1.54, 1.807) is 18.3 Å². The average Bonchev–Trinajstić information content (AvgIpc) is 2.88. The molecule has 3 aromatic rings. The second-order valence-corrected chi connectivity index (χ2v) is 6.29. The molecule has 0 spiro atoms. The number of hydrogen-bond donors (Lipinski definition) is 1. The molecule has 2 aromatic carbocycles. The fourth-order valence-corrected chi connectivity index (χ4v) is 2.89. The first kappa shape index (κ1) is 17.2. The van der Waals surface area contributed by atoms with Crippen LogP contribution in [0.3, 0.4) is 0 Å². The molecule has 1 N–H and O–H groups in total. The van der Waals surface area contributed by atoms with Crippen LogP contribution in [0.4, 0.5) is 4.39 Å². The number of halogens is 2. The van der Waals surface area contributed by atoms with Crippen molar-refractivity contribution in [1.82, 2.24) is 9.99 Å². The fourth-order valence-electron chi connectivity index (χ4n) is 2.76. The topological polar surface area (TPSA) is 29.3 Å². The lowest BCUT2D eigenvalue weighted by Crippen LogP contribution is -2.05. The Labute approximate surface area is 151 Å². The molecule has 25 heavy (non-hydrogen) atoms. The Hall–Kier alpha value is -2.59. The molecule has 0 saturated carbocycles. The largest absolute Gasteiger partial charge is 0.318 e. The zero-order valence-electron chi connectivity index (χ0n) is 14.1. The van der Waals surface area contributed by atoms with Crippen LogP contribution in [-0.4, -0.2) is 10.8 Å². The molecule has 0 atom stereocenters. The van der Waals surface area contributed by atoms with Crippen LogP contribution in [0.15, 0.2) is 59.7 Å². The maximum absolute atomic E-state index is 13.1. The highest BCUT2D eigenvalue weighted by atomic mass is 35.5. The highest BCUT2D eigenvalue weighted by Gasteiger charge is 2.09. The Bertz CT molecular complexity index is 881. The van der Waals surface area contributed by atoms with E-state index in [4.69, 9.17) is 11.6 Å². The molecule has 5 heteroatoms. The lowest BCUT2D eigenvalue weighted by molar-refractivity contribution is 0.627. The predicted octanol–water partition coefficient (Wildman–Crippen LogP) is 5.01. The van der Waals surface area contributed by atoms with Crippen molar-refractivity contribution in [1.29, 1.82) is 0 Å². The van der Waals surface area contributed by atoms with Gasteiger partial charge in [-0.1, -0.05) is 23.7 Å². The Morgan fingerprint density at radius 1 is 1.08 bits per heavy atom. The van der Waals surface area contributed by atoms with Gasteiger partial charge >= 0.3 is 0 Å². The third-order valence-electron chi connectivity index (χ3n) is 4.05. The van der Waals surface area contributed by atoms with E-state index in [2.05, 4.69) is 21.2 Å². The van der Waals surface area contributed by atoms with E-state index >= 15 is 0 Å². The summed E-state index contributed by atoms with van der Waals surface area (Å²) in [6.45, 7) is 4.68. The summed E-state index contributed by atoms with van der Waals surface area (Å²) >= 11 is 5.87. The first-order chi connectivity index (χ1) is 12.0. The van der Waals surface area contributed by atoms with Crippen LogP contribution < -0.4 is 5.43 Å². The summed E-state index contributed by atoms with van der Waals surface area (Å²) in [4.78, 5) is 0. The van der Waals surface area contributed by atoms with Crippen LogP contribution in [0.25, 0.3) is 5.69 Å². The van der Waals surface area contributed by atoms with E-state index < -0.39 is 0 Å². The third-order valence-corrected chi connectivity index (χ3v) is 4.30. The Balaban J connectivity index is 1.71. The first-order valence-corrected chi connectivity index (χ1v) is 8.37. The molecule has 1 aromatic heterocycles. The normalized spacial score (nSPS) is 11.2. The SMILES string of the molecule is Cc1cc(/C=N\NCc2ccc(Cl)cc2)c(C)n1-c1ccc(F)cc1. The number of rotatable bonds is 5. The van der Waals surface area contributed by atoms with Crippen molar-refractivity contribution in [2.24, 2.45) is 5.10 Å². The van der Waals surface area contributed by atoms with E-state index in [1.165, 1.54) is 12.1 Å². The van der Waals surface area contributed by atoms with Crippen molar-refractivity contribution in [3.8, 4) is 5.69 Å². The summed E-state index contributed by atoms with van der Waals surface area (Å²) in [5.41, 5.74) is 8.23. The lowest BCUT2D eigenvalue weighted by Gasteiger charge is -2.09. The van der Waals surface area contributed by atoms with Crippen molar-refractivity contribution in [3.63, 3.8) is 0 Å². The van der Waals surface area contributed by atoms with Gasteiger partial charge in [0.05, 0.1) is 12.8 Å². The van der Waals surface area contributed by atoms with Crippen molar-refractivity contribution in [2.45, 2.75) is 20.4 Å². The van der Waals surface area contributed by atoms with Gasteiger partial charge in [0, 0.05) is 27.7 Å². The van der Waals surface area contributed by atoms with Gasteiger partial charge in [-0.05, 0) is 61.9 Å². The molecule has 0 radical (unpaired) electrons. The number of aromatic nitrogens is 1. The molecule has 1 heterocycles. The maximum Gasteiger partial charge on any atom is 0.123 e. The molecule has 0 saturated heterocycles. The van der Waals surface area contributed by atoms with Crippen molar-refractivity contribution < 1.29 is 4.39 Å². The highest BCUT2D eigenvalue weighted by Crippen LogP contribution is 2.20. The number of hydrazone groups is 1. The van der Waals surface area contributed by atoms with Crippen LogP contribution in [0.2, 0.25) is 5.02 Å². The van der Waals surface area contributed by atoms with E-state index in [0.717, 1.165) is 33.2 Å². The van der Waals surface area contributed by atoms with Gasteiger partial charge in [-0.3, -0.25) is 0 Å². The molecule has 3 nitrogen and oxygen atoms in total.